The normalized spacial score (nSPS) is 12.3. The van der Waals surface area contributed by atoms with Crippen LogP contribution in [-0.2, 0) is 12.8 Å². The summed E-state index contributed by atoms with van der Waals surface area (Å²) in [6.45, 7) is 3.28. The Morgan fingerprint density at radius 3 is 2.75 bits per heavy atom. The lowest BCUT2D eigenvalue weighted by Crippen LogP contribution is -2.33. The number of rotatable bonds is 8. The highest BCUT2D eigenvalue weighted by Gasteiger charge is 2.10. The number of nitrogens with one attached hydrogen (secondary N) is 1. The monoisotopic (exact) mass is 289 g/mol. The van der Waals surface area contributed by atoms with Gasteiger partial charge < -0.3 is 10.1 Å². The summed E-state index contributed by atoms with van der Waals surface area (Å²) in [5, 5.41) is 8.05. The summed E-state index contributed by atoms with van der Waals surface area (Å²) in [5.74, 6) is 0.937. The fraction of sp³-hybridized carbons (Fsp3) is 0.412. The van der Waals surface area contributed by atoms with Crippen molar-refractivity contribution in [2.75, 3.05) is 13.7 Å². The van der Waals surface area contributed by atoms with Crippen molar-refractivity contribution in [2.24, 2.45) is 0 Å². The molecule has 2 aromatic rings. The highest BCUT2D eigenvalue weighted by Crippen LogP contribution is 2.16. The molecular weight excluding hydrogens is 266 g/mol. The first kappa shape index (κ1) is 15.1. The van der Waals surface area contributed by atoms with Crippen molar-refractivity contribution in [1.82, 2.24) is 5.32 Å². The number of ether oxygens (including phenoxy) is 1. The summed E-state index contributed by atoms with van der Waals surface area (Å²) in [6.07, 6.45) is 3.28. The van der Waals surface area contributed by atoms with E-state index >= 15 is 0 Å². The van der Waals surface area contributed by atoms with Crippen LogP contribution in [0, 0.1) is 0 Å². The molecule has 1 aromatic carbocycles. The van der Waals surface area contributed by atoms with Gasteiger partial charge in [-0.2, -0.15) is 11.3 Å². The minimum Gasteiger partial charge on any atom is -0.497 e. The second-order valence-electron chi connectivity index (χ2n) is 5.04. The van der Waals surface area contributed by atoms with Crippen LogP contribution in [0.1, 0.15) is 24.5 Å². The van der Waals surface area contributed by atoms with E-state index in [2.05, 4.69) is 47.3 Å². The first-order valence-corrected chi connectivity index (χ1v) is 8.13. The van der Waals surface area contributed by atoms with Crippen molar-refractivity contribution in [3.8, 4) is 5.75 Å². The fourth-order valence-corrected chi connectivity index (χ4v) is 3.02. The van der Waals surface area contributed by atoms with E-state index in [1.807, 2.05) is 6.07 Å². The molecule has 1 heterocycles. The van der Waals surface area contributed by atoms with Gasteiger partial charge in [0.2, 0.25) is 0 Å². The van der Waals surface area contributed by atoms with Crippen LogP contribution in [0.15, 0.2) is 41.1 Å². The van der Waals surface area contributed by atoms with E-state index in [4.69, 9.17) is 4.74 Å². The molecule has 0 fully saturated rings. The lowest BCUT2D eigenvalue weighted by atomic mass is 10.00. The summed E-state index contributed by atoms with van der Waals surface area (Å²) >= 11 is 1.77. The lowest BCUT2D eigenvalue weighted by Gasteiger charge is -2.18. The second-order valence-corrected chi connectivity index (χ2v) is 5.82. The van der Waals surface area contributed by atoms with Crippen LogP contribution in [0.4, 0.5) is 0 Å². The minimum absolute atomic E-state index is 0.483. The van der Waals surface area contributed by atoms with Crippen LogP contribution in [0.2, 0.25) is 0 Å². The van der Waals surface area contributed by atoms with Gasteiger partial charge in [-0.05, 0) is 65.9 Å². The second kappa shape index (κ2) is 8.08. The molecule has 0 saturated heterocycles. The van der Waals surface area contributed by atoms with Gasteiger partial charge in [0.15, 0.2) is 0 Å². The zero-order chi connectivity index (χ0) is 14.2. The van der Waals surface area contributed by atoms with Crippen molar-refractivity contribution < 1.29 is 4.74 Å². The van der Waals surface area contributed by atoms with E-state index < -0.39 is 0 Å². The molecule has 0 aliphatic carbocycles. The Labute approximate surface area is 125 Å². The van der Waals surface area contributed by atoms with Crippen molar-refractivity contribution in [3.63, 3.8) is 0 Å². The first-order chi connectivity index (χ1) is 9.81. The Hall–Kier alpha value is -1.32. The summed E-state index contributed by atoms with van der Waals surface area (Å²) in [6, 6.07) is 11.1. The van der Waals surface area contributed by atoms with Gasteiger partial charge in [0.1, 0.15) is 5.75 Å². The van der Waals surface area contributed by atoms with Gasteiger partial charge in [0, 0.05) is 6.04 Å². The van der Waals surface area contributed by atoms with Crippen molar-refractivity contribution in [3.05, 3.63) is 52.2 Å². The van der Waals surface area contributed by atoms with Crippen LogP contribution in [0.3, 0.4) is 0 Å². The zero-order valence-corrected chi connectivity index (χ0v) is 13.1. The van der Waals surface area contributed by atoms with Gasteiger partial charge in [0.05, 0.1) is 7.11 Å². The molecule has 0 bridgehead atoms. The summed E-state index contributed by atoms with van der Waals surface area (Å²) < 4.78 is 5.30. The summed E-state index contributed by atoms with van der Waals surface area (Å²) in [7, 11) is 1.72. The molecule has 0 saturated carbocycles. The molecule has 0 aliphatic rings. The highest BCUT2D eigenvalue weighted by molar-refractivity contribution is 7.07. The number of benzene rings is 1. The number of hydrogen-bond donors (Lipinski definition) is 1. The Bertz CT molecular complexity index is 495. The van der Waals surface area contributed by atoms with E-state index in [1.165, 1.54) is 11.1 Å². The molecule has 1 atom stereocenters. The number of methoxy groups -OCH3 is 1. The van der Waals surface area contributed by atoms with Crippen LogP contribution < -0.4 is 10.1 Å². The molecule has 0 amide bonds. The molecule has 1 unspecified atom stereocenters. The van der Waals surface area contributed by atoms with Crippen LogP contribution >= 0.6 is 11.3 Å². The van der Waals surface area contributed by atoms with E-state index in [9.17, 15) is 0 Å². The highest BCUT2D eigenvalue weighted by atomic mass is 32.1. The van der Waals surface area contributed by atoms with Crippen molar-refractivity contribution in [1.29, 1.82) is 0 Å². The number of hydrogen-bond acceptors (Lipinski definition) is 3. The Balaban J connectivity index is 2.02. The maximum atomic E-state index is 5.30. The largest absolute Gasteiger partial charge is 0.497 e. The first-order valence-electron chi connectivity index (χ1n) is 7.19. The number of thiophene rings is 1. The topological polar surface area (TPSA) is 21.3 Å². The average Bonchev–Trinajstić information content (AvgIpc) is 2.98. The van der Waals surface area contributed by atoms with Crippen molar-refractivity contribution in [2.45, 2.75) is 32.2 Å². The van der Waals surface area contributed by atoms with E-state index in [-0.39, 0.29) is 0 Å². The molecule has 0 aliphatic heterocycles. The van der Waals surface area contributed by atoms with Gasteiger partial charge in [0.25, 0.3) is 0 Å². The van der Waals surface area contributed by atoms with Gasteiger partial charge in [-0.1, -0.05) is 19.1 Å². The predicted molar refractivity (Wildman–Crippen MR) is 86.8 cm³/mol. The van der Waals surface area contributed by atoms with Crippen LogP contribution in [0.25, 0.3) is 0 Å². The van der Waals surface area contributed by atoms with Gasteiger partial charge in [-0.15, -0.1) is 0 Å². The standard InChI is InChI=1S/C17H23NOS/c1-3-8-18-16(11-15-7-9-20-13-15)10-14-5-4-6-17(12-14)19-2/h4-7,9,12-13,16,18H,3,8,10-11H2,1-2H3. The third-order valence-electron chi connectivity index (χ3n) is 3.36. The van der Waals surface area contributed by atoms with Gasteiger partial charge in [-0.3, -0.25) is 0 Å². The zero-order valence-electron chi connectivity index (χ0n) is 12.3. The van der Waals surface area contributed by atoms with Crippen LogP contribution in [0.5, 0.6) is 5.75 Å². The molecule has 0 radical (unpaired) electrons. The third kappa shape index (κ3) is 4.66. The fourth-order valence-electron chi connectivity index (χ4n) is 2.34. The van der Waals surface area contributed by atoms with Gasteiger partial charge in [-0.25, -0.2) is 0 Å². The smallest absolute Gasteiger partial charge is 0.119 e. The van der Waals surface area contributed by atoms with E-state index in [0.717, 1.165) is 31.6 Å². The molecule has 3 heteroatoms. The minimum atomic E-state index is 0.483. The van der Waals surface area contributed by atoms with E-state index in [1.54, 1.807) is 18.4 Å². The van der Waals surface area contributed by atoms with E-state index in [0.29, 0.717) is 6.04 Å². The van der Waals surface area contributed by atoms with Gasteiger partial charge >= 0.3 is 0 Å². The Morgan fingerprint density at radius 2 is 2.05 bits per heavy atom. The quantitative estimate of drug-likeness (QED) is 0.795. The average molecular weight is 289 g/mol. The SMILES string of the molecule is CCCNC(Cc1ccsc1)Cc1cccc(OC)c1. The van der Waals surface area contributed by atoms with Crippen LogP contribution in [-0.4, -0.2) is 19.7 Å². The molecule has 20 heavy (non-hydrogen) atoms. The molecule has 2 nitrogen and oxygen atoms in total. The molecule has 108 valence electrons. The Morgan fingerprint density at radius 1 is 1.20 bits per heavy atom. The summed E-state index contributed by atoms with van der Waals surface area (Å²) in [4.78, 5) is 0. The molecule has 0 spiro atoms. The summed E-state index contributed by atoms with van der Waals surface area (Å²) in [5.41, 5.74) is 2.75. The maximum absolute atomic E-state index is 5.30. The molecular formula is C17H23NOS. The molecule has 2 rings (SSSR count). The van der Waals surface area contributed by atoms with Crippen molar-refractivity contribution >= 4 is 11.3 Å². The lowest BCUT2D eigenvalue weighted by molar-refractivity contribution is 0.413. The third-order valence-corrected chi connectivity index (χ3v) is 4.09. The molecule has 1 N–H and O–H groups in total. The Kier molecular flexibility index (Phi) is 6.09. The molecule has 1 aromatic heterocycles. The predicted octanol–water partition coefficient (Wildman–Crippen LogP) is 3.91. The maximum Gasteiger partial charge on any atom is 0.119 e.